The van der Waals surface area contributed by atoms with Crippen molar-refractivity contribution < 1.29 is 4.79 Å². The Kier molecular flexibility index (Phi) is 5.35. The first-order valence-corrected chi connectivity index (χ1v) is 10.2. The Bertz CT molecular complexity index is 854. The second-order valence-corrected chi connectivity index (χ2v) is 8.32. The molecule has 0 bridgehead atoms. The van der Waals surface area contributed by atoms with Crippen molar-refractivity contribution >= 4 is 5.91 Å². The lowest BCUT2D eigenvalue weighted by atomic mass is 9.71. The van der Waals surface area contributed by atoms with E-state index >= 15 is 0 Å². The summed E-state index contributed by atoms with van der Waals surface area (Å²) in [5.74, 6) is -0.00263. The molecule has 1 aromatic carbocycles. The number of aromatic nitrogens is 3. The number of nitrogens with zero attached hydrogens (tertiary/aromatic N) is 5. The normalized spacial score (nSPS) is 19.8. The van der Waals surface area contributed by atoms with Gasteiger partial charge in [-0.25, -0.2) is 9.48 Å². The number of aryl methyl sites for hydroxylation is 1. The standard InChI is InChI=1S/C21H29N5O2/c1-23-17-22-26(20(23)28)16-19(27)25-13-9-21(10-14-25)7-11-24(12-8-21)15-18-5-3-2-4-6-18/h2-6,17H,7-16H2,1H3. The van der Waals surface area contributed by atoms with Gasteiger partial charge in [-0.2, -0.15) is 5.10 Å². The third-order valence-corrected chi connectivity index (χ3v) is 6.51. The van der Waals surface area contributed by atoms with E-state index in [1.165, 1.54) is 34.0 Å². The number of benzene rings is 1. The summed E-state index contributed by atoms with van der Waals surface area (Å²) in [6.45, 7) is 4.91. The summed E-state index contributed by atoms with van der Waals surface area (Å²) in [5, 5.41) is 3.99. The molecule has 2 fully saturated rings. The van der Waals surface area contributed by atoms with Crippen molar-refractivity contribution in [3.05, 3.63) is 52.7 Å². The van der Waals surface area contributed by atoms with Crippen molar-refractivity contribution in [2.45, 2.75) is 38.8 Å². The minimum atomic E-state index is -0.243. The topological polar surface area (TPSA) is 63.4 Å². The fraction of sp³-hybridized carbons (Fsp3) is 0.571. The average Bonchev–Trinajstić information content (AvgIpc) is 3.03. The second-order valence-electron chi connectivity index (χ2n) is 8.32. The number of rotatable bonds is 4. The van der Waals surface area contributed by atoms with Gasteiger partial charge >= 0.3 is 5.69 Å². The first-order chi connectivity index (χ1) is 13.5. The summed E-state index contributed by atoms with van der Waals surface area (Å²) in [6, 6.07) is 10.7. The molecule has 2 aliphatic heterocycles. The van der Waals surface area contributed by atoms with E-state index in [0.717, 1.165) is 45.6 Å². The molecule has 2 aliphatic rings. The lowest BCUT2D eigenvalue weighted by molar-refractivity contribution is -0.135. The third-order valence-electron chi connectivity index (χ3n) is 6.51. The fourth-order valence-corrected chi connectivity index (χ4v) is 4.51. The molecular formula is C21H29N5O2. The molecule has 4 rings (SSSR count). The molecule has 0 atom stereocenters. The Morgan fingerprint density at radius 2 is 1.68 bits per heavy atom. The van der Waals surface area contributed by atoms with Gasteiger partial charge in [0.15, 0.2) is 0 Å². The van der Waals surface area contributed by atoms with Gasteiger partial charge in [-0.15, -0.1) is 0 Å². The number of hydrogen-bond acceptors (Lipinski definition) is 4. The van der Waals surface area contributed by atoms with Gasteiger partial charge in [0.05, 0.1) is 0 Å². The Morgan fingerprint density at radius 3 is 2.29 bits per heavy atom. The van der Waals surface area contributed by atoms with Gasteiger partial charge in [0.25, 0.3) is 0 Å². The van der Waals surface area contributed by atoms with E-state index in [1.807, 2.05) is 4.90 Å². The monoisotopic (exact) mass is 383 g/mol. The molecule has 0 unspecified atom stereocenters. The minimum Gasteiger partial charge on any atom is -0.341 e. The lowest BCUT2D eigenvalue weighted by Gasteiger charge is -2.47. The second kappa shape index (κ2) is 7.91. The van der Waals surface area contributed by atoms with Gasteiger partial charge in [-0.3, -0.25) is 14.3 Å². The fourth-order valence-electron chi connectivity index (χ4n) is 4.51. The van der Waals surface area contributed by atoms with Crippen LogP contribution in [0.25, 0.3) is 0 Å². The molecule has 3 heterocycles. The molecule has 2 saturated heterocycles. The summed E-state index contributed by atoms with van der Waals surface area (Å²) in [6.07, 6.45) is 6.00. The Labute approximate surface area is 165 Å². The van der Waals surface area contributed by atoms with Gasteiger partial charge in [0, 0.05) is 26.7 Å². The quantitative estimate of drug-likeness (QED) is 0.802. The summed E-state index contributed by atoms with van der Waals surface area (Å²) in [4.78, 5) is 28.9. The highest BCUT2D eigenvalue weighted by atomic mass is 16.2. The van der Waals surface area contributed by atoms with E-state index in [-0.39, 0.29) is 18.1 Å². The van der Waals surface area contributed by atoms with Crippen molar-refractivity contribution in [1.29, 1.82) is 0 Å². The van der Waals surface area contributed by atoms with E-state index in [1.54, 1.807) is 7.05 Å². The van der Waals surface area contributed by atoms with Crippen molar-refractivity contribution in [3.63, 3.8) is 0 Å². The molecule has 1 amide bonds. The molecule has 1 spiro atoms. The molecule has 2 aromatic rings. The molecule has 0 aliphatic carbocycles. The van der Waals surface area contributed by atoms with Crippen molar-refractivity contribution in [2.75, 3.05) is 26.2 Å². The van der Waals surface area contributed by atoms with E-state index < -0.39 is 0 Å². The highest BCUT2D eigenvalue weighted by Crippen LogP contribution is 2.41. The largest absolute Gasteiger partial charge is 0.345 e. The van der Waals surface area contributed by atoms with Crippen LogP contribution >= 0.6 is 0 Å². The maximum Gasteiger partial charge on any atom is 0.345 e. The van der Waals surface area contributed by atoms with Crippen molar-refractivity contribution in [1.82, 2.24) is 24.1 Å². The zero-order valence-corrected chi connectivity index (χ0v) is 16.6. The van der Waals surface area contributed by atoms with Gasteiger partial charge in [-0.1, -0.05) is 30.3 Å². The number of carbonyl (C=O) groups excluding carboxylic acids is 1. The molecule has 1 aromatic heterocycles. The minimum absolute atomic E-state index is 0.00263. The van der Waals surface area contributed by atoms with Crippen LogP contribution in [0.5, 0.6) is 0 Å². The highest BCUT2D eigenvalue weighted by Gasteiger charge is 2.38. The smallest absolute Gasteiger partial charge is 0.341 e. The highest BCUT2D eigenvalue weighted by molar-refractivity contribution is 5.76. The Balaban J connectivity index is 1.26. The molecule has 7 nitrogen and oxygen atoms in total. The van der Waals surface area contributed by atoms with E-state index in [2.05, 4.69) is 40.3 Å². The number of piperidine rings is 2. The maximum absolute atomic E-state index is 12.6. The number of carbonyl (C=O) groups is 1. The first-order valence-electron chi connectivity index (χ1n) is 10.2. The molecule has 0 radical (unpaired) electrons. The van der Waals surface area contributed by atoms with Crippen LogP contribution in [0.15, 0.2) is 41.5 Å². The van der Waals surface area contributed by atoms with Gasteiger partial charge in [0.1, 0.15) is 12.9 Å². The summed E-state index contributed by atoms with van der Waals surface area (Å²) in [7, 11) is 1.64. The van der Waals surface area contributed by atoms with Crippen LogP contribution in [0.4, 0.5) is 0 Å². The van der Waals surface area contributed by atoms with Crippen LogP contribution in [-0.2, 0) is 24.9 Å². The van der Waals surface area contributed by atoms with Gasteiger partial charge in [-0.05, 0) is 49.8 Å². The van der Waals surface area contributed by atoms with Crippen LogP contribution in [-0.4, -0.2) is 56.2 Å². The van der Waals surface area contributed by atoms with Crippen LogP contribution in [0.2, 0.25) is 0 Å². The molecule has 0 N–H and O–H groups in total. The Morgan fingerprint density at radius 1 is 1.04 bits per heavy atom. The summed E-state index contributed by atoms with van der Waals surface area (Å²) >= 11 is 0. The van der Waals surface area contributed by atoms with Gasteiger partial charge in [0.2, 0.25) is 5.91 Å². The number of hydrogen-bond donors (Lipinski definition) is 0. The van der Waals surface area contributed by atoms with E-state index in [4.69, 9.17) is 0 Å². The molecule has 150 valence electrons. The number of amides is 1. The Hall–Kier alpha value is -2.41. The van der Waals surface area contributed by atoms with Crippen molar-refractivity contribution in [2.24, 2.45) is 12.5 Å². The van der Waals surface area contributed by atoms with Crippen LogP contribution in [0, 0.1) is 5.41 Å². The molecular weight excluding hydrogens is 354 g/mol. The van der Waals surface area contributed by atoms with Gasteiger partial charge < -0.3 is 4.90 Å². The average molecular weight is 383 g/mol. The number of likely N-dealkylation sites (tertiary alicyclic amines) is 2. The first kappa shape index (κ1) is 18.9. The third kappa shape index (κ3) is 4.04. The summed E-state index contributed by atoms with van der Waals surface area (Å²) < 4.78 is 2.64. The predicted molar refractivity (Wildman–Crippen MR) is 107 cm³/mol. The SMILES string of the molecule is Cn1cnn(CC(=O)N2CCC3(CCN(Cc4ccccc4)CC3)CC2)c1=O. The molecule has 28 heavy (non-hydrogen) atoms. The van der Waals surface area contributed by atoms with Crippen LogP contribution in [0.3, 0.4) is 0 Å². The van der Waals surface area contributed by atoms with E-state index in [0.29, 0.717) is 5.41 Å². The van der Waals surface area contributed by atoms with Crippen LogP contribution in [0.1, 0.15) is 31.2 Å². The zero-order valence-electron chi connectivity index (χ0n) is 16.6. The zero-order chi connectivity index (χ0) is 19.6. The van der Waals surface area contributed by atoms with Crippen LogP contribution < -0.4 is 5.69 Å². The molecule has 7 heteroatoms. The predicted octanol–water partition coefficient (Wildman–Crippen LogP) is 1.49. The molecule has 0 saturated carbocycles. The lowest BCUT2D eigenvalue weighted by Crippen LogP contribution is -2.49. The van der Waals surface area contributed by atoms with E-state index in [9.17, 15) is 9.59 Å². The summed E-state index contributed by atoms with van der Waals surface area (Å²) in [5.41, 5.74) is 1.52. The van der Waals surface area contributed by atoms with Crippen molar-refractivity contribution in [3.8, 4) is 0 Å². The maximum atomic E-state index is 12.6.